The fraction of sp³-hybridized carbons (Fsp3) is 0.167. The van der Waals surface area contributed by atoms with Crippen molar-refractivity contribution in [3.8, 4) is 0 Å². The van der Waals surface area contributed by atoms with E-state index in [0.717, 1.165) is 10.9 Å². The average Bonchev–Trinajstić information content (AvgIpc) is 2.17. The molecule has 3 heteroatoms. The smallest absolute Gasteiger partial charge is 0.190 e. The summed E-state index contributed by atoms with van der Waals surface area (Å²) in [7, 11) is 0. The number of rotatable bonds is 2. The van der Waals surface area contributed by atoms with Crippen LogP contribution in [0.1, 0.15) is 0 Å². The van der Waals surface area contributed by atoms with Gasteiger partial charge in [0.15, 0.2) is 17.1 Å². The number of hydrogen-bond acceptors (Lipinski definition) is 1. The molecule has 0 aromatic carbocycles. The lowest BCUT2D eigenvalue weighted by atomic mass is 10.6. The standard InChI is InChI=1S/C6H7ClNS/c1-2-3-8-4-6(7)9-5-8/h2,4-5H,1,3H2/q+1. The van der Waals surface area contributed by atoms with E-state index in [2.05, 4.69) is 6.58 Å². The zero-order valence-corrected chi connectivity index (χ0v) is 6.45. The molecule has 0 N–H and O–H groups in total. The Morgan fingerprint density at radius 3 is 3.11 bits per heavy atom. The Morgan fingerprint density at radius 1 is 1.89 bits per heavy atom. The van der Waals surface area contributed by atoms with Crippen LogP contribution in [0.2, 0.25) is 4.34 Å². The van der Waals surface area contributed by atoms with E-state index in [4.69, 9.17) is 11.6 Å². The van der Waals surface area contributed by atoms with E-state index in [1.54, 1.807) is 0 Å². The molecule has 0 spiro atoms. The Balaban J connectivity index is 2.72. The average molecular weight is 161 g/mol. The lowest BCUT2D eigenvalue weighted by Gasteiger charge is -1.77. The van der Waals surface area contributed by atoms with Crippen molar-refractivity contribution in [1.82, 2.24) is 0 Å². The van der Waals surface area contributed by atoms with Gasteiger partial charge in [0.05, 0.1) is 0 Å². The first-order valence-corrected chi connectivity index (χ1v) is 3.82. The van der Waals surface area contributed by atoms with Gasteiger partial charge in [-0.2, -0.15) is 4.57 Å². The highest BCUT2D eigenvalue weighted by molar-refractivity contribution is 7.13. The summed E-state index contributed by atoms with van der Waals surface area (Å²) in [6.07, 6.45) is 3.72. The molecule has 1 heterocycles. The van der Waals surface area contributed by atoms with Crippen molar-refractivity contribution in [2.75, 3.05) is 0 Å². The molecule has 0 saturated carbocycles. The van der Waals surface area contributed by atoms with Crippen molar-refractivity contribution in [1.29, 1.82) is 0 Å². The SMILES string of the molecule is C=CC[n+]1csc(Cl)c1. The maximum absolute atomic E-state index is 5.66. The Labute approximate surface area is 63.2 Å². The molecular formula is C6H7ClNS+. The molecule has 0 unspecified atom stereocenters. The number of halogens is 1. The normalized spacial score (nSPS) is 9.44. The molecule has 0 fully saturated rings. The monoisotopic (exact) mass is 160 g/mol. The van der Waals surface area contributed by atoms with E-state index in [1.165, 1.54) is 11.3 Å². The Kier molecular flexibility index (Phi) is 2.25. The van der Waals surface area contributed by atoms with Crippen molar-refractivity contribution in [3.63, 3.8) is 0 Å². The van der Waals surface area contributed by atoms with Crippen LogP contribution in [0.3, 0.4) is 0 Å². The van der Waals surface area contributed by atoms with Gasteiger partial charge in [0.2, 0.25) is 5.51 Å². The molecule has 1 rings (SSSR count). The van der Waals surface area contributed by atoms with Gasteiger partial charge in [-0.3, -0.25) is 0 Å². The fourth-order valence-corrected chi connectivity index (χ4v) is 1.38. The van der Waals surface area contributed by atoms with Crippen molar-refractivity contribution in [2.45, 2.75) is 6.54 Å². The first-order chi connectivity index (χ1) is 4.33. The van der Waals surface area contributed by atoms with Crippen molar-refractivity contribution in [3.05, 3.63) is 28.7 Å². The Morgan fingerprint density at radius 2 is 2.67 bits per heavy atom. The molecule has 0 amide bonds. The Hall–Kier alpha value is -0.340. The quantitative estimate of drug-likeness (QED) is 0.460. The molecule has 1 nitrogen and oxygen atoms in total. The molecule has 0 aliphatic heterocycles. The van der Waals surface area contributed by atoms with E-state index in [9.17, 15) is 0 Å². The minimum Gasteiger partial charge on any atom is -0.190 e. The largest absolute Gasteiger partial charge is 0.226 e. The highest BCUT2D eigenvalue weighted by atomic mass is 35.5. The van der Waals surface area contributed by atoms with Crippen LogP contribution in [0.5, 0.6) is 0 Å². The van der Waals surface area contributed by atoms with Gasteiger partial charge in [-0.05, 0) is 6.08 Å². The van der Waals surface area contributed by atoms with Gasteiger partial charge < -0.3 is 0 Å². The van der Waals surface area contributed by atoms with Crippen LogP contribution in [0, 0.1) is 0 Å². The maximum Gasteiger partial charge on any atom is 0.226 e. The molecule has 0 atom stereocenters. The van der Waals surface area contributed by atoms with Gasteiger partial charge >= 0.3 is 0 Å². The van der Waals surface area contributed by atoms with Crippen LogP contribution in [0.4, 0.5) is 0 Å². The highest BCUT2D eigenvalue weighted by Gasteiger charge is 1.99. The summed E-state index contributed by atoms with van der Waals surface area (Å²) in [5.41, 5.74) is 1.96. The number of thiazole rings is 1. The Bertz CT molecular complexity index is 207. The van der Waals surface area contributed by atoms with Crippen molar-refractivity contribution < 1.29 is 4.57 Å². The molecule has 0 saturated heterocycles. The third kappa shape index (κ3) is 1.80. The summed E-state index contributed by atoms with van der Waals surface area (Å²) >= 11 is 7.18. The third-order valence-corrected chi connectivity index (χ3v) is 1.98. The number of hydrogen-bond donors (Lipinski definition) is 0. The van der Waals surface area contributed by atoms with Crippen LogP contribution in [-0.2, 0) is 6.54 Å². The number of nitrogens with zero attached hydrogens (tertiary/aromatic N) is 1. The fourth-order valence-electron chi connectivity index (χ4n) is 0.554. The molecule has 1 aromatic heterocycles. The molecule has 0 radical (unpaired) electrons. The van der Waals surface area contributed by atoms with E-state index < -0.39 is 0 Å². The number of aromatic nitrogens is 1. The summed E-state index contributed by atoms with van der Waals surface area (Å²) < 4.78 is 2.80. The van der Waals surface area contributed by atoms with Crippen molar-refractivity contribution >= 4 is 22.9 Å². The van der Waals surface area contributed by atoms with Crippen LogP contribution >= 0.6 is 22.9 Å². The first kappa shape index (κ1) is 6.78. The zero-order chi connectivity index (χ0) is 6.69. The van der Waals surface area contributed by atoms with E-state index in [-0.39, 0.29) is 0 Å². The highest BCUT2D eigenvalue weighted by Crippen LogP contribution is 2.10. The van der Waals surface area contributed by atoms with Gasteiger partial charge in [0.25, 0.3) is 0 Å². The van der Waals surface area contributed by atoms with Gasteiger partial charge in [-0.1, -0.05) is 29.5 Å². The third-order valence-electron chi connectivity index (χ3n) is 0.908. The van der Waals surface area contributed by atoms with Crippen LogP contribution < -0.4 is 4.57 Å². The second-order valence-electron chi connectivity index (χ2n) is 1.64. The van der Waals surface area contributed by atoms with Crippen LogP contribution in [0.15, 0.2) is 24.4 Å². The van der Waals surface area contributed by atoms with Gasteiger partial charge in [-0.25, -0.2) is 0 Å². The lowest BCUT2D eigenvalue weighted by molar-refractivity contribution is -0.682. The van der Waals surface area contributed by atoms with Gasteiger partial charge in [0.1, 0.15) is 0 Å². The molecule has 0 aliphatic carbocycles. The lowest BCUT2D eigenvalue weighted by Crippen LogP contribution is -2.28. The predicted octanol–water partition coefficient (Wildman–Crippen LogP) is 1.88. The van der Waals surface area contributed by atoms with Gasteiger partial charge in [-0.15, -0.1) is 0 Å². The molecular weight excluding hydrogens is 154 g/mol. The van der Waals surface area contributed by atoms with Crippen LogP contribution in [-0.4, -0.2) is 0 Å². The maximum atomic E-state index is 5.66. The minimum absolute atomic E-state index is 0.817. The zero-order valence-electron chi connectivity index (χ0n) is 4.88. The molecule has 1 aromatic rings. The molecule has 48 valence electrons. The second kappa shape index (κ2) is 2.99. The second-order valence-corrected chi connectivity index (χ2v) is 3.16. The summed E-state index contributed by atoms with van der Waals surface area (Å²) in [5, 5.41) is 0. The number of allylic oxidation sites excluding steroid dienone is 1. The summed E-state index contributed by atoms with van der Waals surface area (Å²) in [4.78, 5) is 0. The summed E-state index contributed by atoms with van der Waals surface area (Å²) in [5.74, 6) is 0. The summed E-state index contributed by atoms with van der Waals surface area (Å²) in [6.45, 7) is 4.44. The van der Waals surface area contributed by atoms with E-state index in [1.807, 2.05) is 22.4 Å². The molecule has 9 heavy (non-hydrogen) atoms. The minimum atomic E-state index is 0.817. The molecule has 0 aliphatic rings. The molecule has 0 bridgehead atoms. The summed E-state index contributed by atoms with van der Waals surface area (Å²) in [6, 6.07) is 0. The van der Waals surface area contributed by atoms with Crippen molar-refractivity contribution in [2.24, 2.45) is 0 Å². The van der Waals surface area contributed by atoms with Gasteiger partial charge in [0, 0.05) is 0 Å². The van der Waals surface area contributed by atoms with Crippen LogP contribution in [0.25, 0.3) is 0 Å². The topological polar surface area (TPSA) is 3.88 Å². The predicted molar refractivity (Wildman–Crippen MR) is 39.7 cm³/mol. The van der Waals surface area contributed by atoms with E-state index in [0.29, 0.717) is 0 Å². The van der Waals surface area contributed by atoms with E-state index >= 15 is 0 Å². The first-order valence-electron chi connectivity index (χ1n) is 2.57.